The van der Waals surface area contributed by atoms with E-state index in [-0.39, 0.29) is 133 Å². The summed E-state index contributed by atoms with van der Waals surface area (Å²) in [5.74, 6) is -8.86. The molecule has 0 spiro atoms. The molecule has 37 nitrogen and oxygen atoms in total. The van der Waals surface area contributed by atoms with Crippen molar-refractivity contribution in [1.82, 2.24) is 61.2 Å². The van der Waals surface area contributed by atoms with Gasteiger partial charge in [0.15, 0.2) is 11.6 Å². The molecule has 10 amide bonds. The average Bonchev–Trinajstić information content (AvgIpc) is 1.58. The van der Waals surface area contributed by atoms with Crippen molar-refractivity contribution in [1.29, 1.82) is 0 Å². The molecule has 8 aromatic rings. The van der Waals surface area contributed by atoms with E-state index in [9.17, 15) is 78.8 Å². The van der Waals surface area contributed by atoms with Gasteiger partial charge in [0.25, 0.3) is 10.1 Å². The van der Waals surface area contributed by atoms with E-state index in [4.69, 9.17) is 50.6 Å². The number of aromatic nitrogens is 4. The summed E-state index contributed by atoms with van der Waals surface area (Å²) in [6.45, 7) is 10.4. The first-order valence-electron chi connectivity index (χ1n) is 43.2. The van der Waals surface area contributed by atoms with E-state index < -0.39 is 137 Å². The number of quaternary nitrogens is 1. The number of methoxy groups -OCH3 is 1. The summed E-state index contributed by atoms with van der Waals surface area (Å²) in [7, 11) is -4.37. The number of carboxylic acids is 1. The number of anilines is 1. The van der Waals surface area contributed by atoms with Crippen molar-refractivity contribution in [3.63, 3.8) is 0 Å². The number of nitrogens with zero attached hydrogens (tertiary/aromatic N) is 8. The second-order valence-corrected chi connectivity index (χ2v) is 40.7. The first kappa shape index (κ1) is 104. The molecular weight excluding hydrogens is 1920 g/mol. The van der Waals surface area contributed by atoms with Crippen LogP contribution in [0.4, 0.5) is 14.9 Å². The van der Waals surface area contributed by atoms with Gasteiger partial charge in [-0.15, -0.1) is 11.3 Å². The minimum atomic E-state index is -4.88. The number of thiophene rings is 1. The molecule has 1 unspecified atom stereocenters. The molecule has 11 N–H and O–H groups in total. The second kappa shape index (κ2) is 49.1. The molecule has 10 rings (SSSR count). The monoisotopic (exact) mass is 2030 g/mol. The summed E-state index contributed by atoms with van der Waals surface area (Å²) in [6.07, 6.45) is 3.69. The number of fused-ring (bicyclic) bond motifs is 1. The van der Waals surface area contributed by atoms with Crippen molar-refractivity contribution < 1.29 is 131 Å². The summed E-state index contributed by atoms with van der Waals surface area (Å²) in [5.41, 5.74) is 11.0. The summed E-state index contributed by atoms with van der Waals surface area (Å²) < 4.78 is 111. The number of nitrogens with one attached hydrogen (secondary N) is 6. The smallest absolute Gasteiger partial charge is 0.274 e. The molecular formula is C90H112ClFIN15O22S3. The van der Waals surface area contributed by atoms with E-state index >= 15 is 0 Å². The van der Waals surface area contributed by atoms with Gasteiger partial charge in [0, 0.05) is 36.3 Å². The van der Waals surface area contributed by atoms with Crippen molar-refractivity contribution in [3.05, 3.63) is 161 Å². The van der Waals surface area contributed by atoms with E-state index in [2.05, 4.69) is 58.8 Å². The third kappa shape index (κ3) is 30.9. The Hall–Kier alpha value is -11.2. The van der Waals surface area contributed by atoms with Crippen LogP contribution < -0.4 is 78.1 Å². The van der Waals surface area contributed by atoms with Crippen LogP contribution in [0.5, 0.6) is 23.1 Å². The number of carboxylic acid groups (broad SMARTS) is 1. The number of imide groups is 1. The molecule has 43 heteroatoms. The third-order valence-corrected chi connectivity index (χ3v) is 28.9. The molecule has 5 aromatic carbocycles. The molecule has 2 aliphatic heterocycles. The van der Waals surface area contributed by atoms with Crippen molar-refractivity contribution in [2.75, 3.05) is 110 Å². The number of aliphatic carboxylic acids is 1. The van der Waals surface area contributed by atoms with E-state index in [0.29, 0.717) is 121 Å². The number of nitrogens with two attached hydrogens (primary N) is 1. The first-order chi connectivity index (χ1) is 63.4. The van der Waals surface area contributed by atoms with Crippen molar-refractivity contribution in [2.45, 2.75) is 140 Å². The minimum Gasteiger partial charge on any atom is -0.274 e. The standard InChI is InChI=1S/C90H112ClFIN15O22S3/c1-8-9-17-59-48-76(112)107(87(59)115)40-44-127-43-33-73(109)104-80(55(2)3)84(114)103-67(21-16-35-97-90(94)119)83(113)101-63-29-26-60(61(46-63)50-105(5)88(116)68(102-75(111)53-133(123,124)125)20-14-15-34-95-74(110)52-132(120,121)122)49-93-108(6)41-37-106(38-42-108)39-45-128-71-31-30-65(56(4)79(71)91)77-78-85(98-54-99-86(78)131-81(77)57-24-27-62(92)28-25-57)130-72(89(117)118)47-58-18-10-12-22-69(58)129-51-64-32-36-96-82(100-64)66-19-11-13-23-70(66)126-7/h10-13,18-19,22-32,36,46,54-55,59,67-68,72,80H,8-9,14-17,20-21,33-35,37-45,47-53H2,1-7H3,(H,95,110)(H,101,113)(H,102,111)(H,103,114)(H,104,109)(H,117,118)(H3,94,97,119)(H,120,121,122)(H,123,124,125)/t59?,67-,68-,72+,80-/m0/s1. The van der Waals surface area contributed by atoms with Crippen LogP contribution in [0.1, 0.15) is 113 Å². The predicted molar refractivity (Wildman–Crippen MR) is 489 cm³/mol. The van der Waals surface area contributed by atoms with Gasteiger partial charge >= 0.3 is 381 Å². The van der Waals surface area contributed by atoms with Gasteiger partial charge in [-0.3, -0.25) is 28.6 Å². The molecule has 5 atom stereocenters. The maximum absolute atomic E-state index is 14.7. The number of para-hydroxylation sites is 2. The number of alkyl halides is 1. The molecule has 0 radical (unpaired) electrons. The molecule has 718 valence electrons. The Kier molecular flexibility index (Phi) is 38.4. The molecule has 2 aliphatic rings. The van der Waals surface area contributed by atoms with Crippen molar-refractivity contribution in [2.24, 2.45) is 17.6 Å². The Balaban J connectivity index is 0.823. The van der Waals surface area contributed by atoms with Gasteiger partial charge in [-0.1, -0.05) is 76.1 Å². The number of amides is 10. The number of carbonyl (C=O) groups is 10. The number of rotatable bonds is 51. The van der Waals surface area contributed by atoms with Crippen LogP contribution in [0.3, 0.4) is 0 Å². The Morgan fingerprint density at radius 2 is 1.46 bits per heavy atom. The predicted octanol–water partition coefficient (Wildman–Crippen LogP) is 5.08. The number of benzene rings is 5. The van der Waals surface area contributed by atoms with Crippen LogP contribution in [0.15, 0.2) is 122 Å². The van der Waals surface area contributed by atoms with E-state index in [1.807, 2.05) is 44.2 Å². The van der Waals surface area contributed by atoms with Crippen molar-refractivity contribution in [3.8, 4) is 56.1 Å². The Morgan fingerprint density at radius 1 is 0.752 bits per heavy atom. The molecule has 3 aromatic heterocycles. The molecule has 5 heterocycles. The van der Waals surface area contributed by atoms with Gasteiger partial charge in [-0.05, 0) is 53.9 Å². The van der Waals surface area contributed by atoms with Gasteiger partial charge < -0.3 is 29.8 Å². The van der Waals surface area contributed by atoms with Crippen molar-refractivity contribution >= 4 is 118 Å². The Bertz CT molecular complexity index is 5720. The van der Waals surface area contributed by atoms with E-state index in [0.717, 1.165) is 31.5 Å². The molecule has 2 fully saturated rings. The molecule has 0 saturated carbocycles. The van der Waals surface area contributed by atoms with Gasteiger partial charge in [0.2, 0.25) is 35.6 Å². The third-order valence-electron chi connectivity index (χ3n) is 22.2. The fraction of sp³-hybridized carbons (Fsp3) is 0.444. The number of likely N-dealkylation sites (tertiary alicyclic amines) is 1. The summed E-state index contributed by atoms with van der Waals surface area (Å²) in [6, 6.07) is 26.0. The van der Waals surface area contributed by atoms with Gasteiger partial charge in [-0.2, -0.15) is 8.42 Å². The van der Waals surface area contributed by atoms with Crippen LogP contribution in [0.2, 0.25) is 5.02 Å². The van der Waals surface area contributed by atoms with Crippen LogP contribution in [-0.2, 0) is 92.1 Å². The van der Waals surface area contributed by atoms with Crippen LogP contribution in [0.25, 0.3) is 43.2 Å². The number of halogens is 3. The van der Waals surface area contributed by atoms with Gasteiger partial charge in [0.1, 0.15) is 35.1 Å². The number of piperazine rings is 1. The van der Waals surface area contributed by atoms with Crippen LogP contribution in [-0.4, -0.2) is 257 Å². The fourth-order valence-electron chi connectivity index (χ4n) is 15.1. The normalized spacial score (nSPS) is 14.9. The maximum atomic E-state index is 14.7. The average molecular weight is 2030 g/mol. The molecule has 0 aliphatic carbocycles. The number of unbranched alkanes of at least 4 members (excludes halogenated alkanes) is 2. The Morgan fingerprint density at radius 3 is 2.17 bits per heavy atom. The summed E-state index contributed by atoms with van der Waals surface area (Å²) >= 11 is 7.80. The number of ether oxygens (including phenoxy) is 5. The summed E-state index contributed by atoms with van der Waals surface area (Å²) in [4.78, 5) is 157. The quantitative estimate of drug-likeness (QED) is 0.00593. The minimum absolute atomic E-state index is 0.0108. The first-order valence-corrected chi connectivity index (χ1v) is 50.2. The van der Waals surface area contributed by atoms with E-state index in [1.165, 1.54) is 46.6 Å². The topological polar surface area (TPSA) is 505 Å². The zero-order chi connectivity index (χ0) is 96.3. The number of hydrogen-bond acceptors (Lipinski definition) is 25. The number of likely N-dealkylation sites (N-methyl/N-ethyl adjacent to an activating group) is 2. The number of carbonyl (C=O) groups excluding carboxylic acids is 9. The number of urea groups is 1. The molecule has 2 saturated heterocycles. The number of hydrogen-bond donors (Lipinski definition) is 10. The zero-order valence-electron chi connectivity index (χ0n) is 74.7. The number of primary amides is 1. The second-order valence-electron chi connectivity index (χ2n) is 32.7. The van der Waals surface area contributed by atoms with Gasteiger partial charge in [-0.25, -0.2) is 33.9 Å². The Labute approximate surface area is 790 Å². The molecule has 133 heavy (non-hydrogen) atoms. The summed E-state index contributed by atoms with van der Waals surface area (Å²) in [5, 5.41) is 27.2. The SMILES string of the molecule is CCCCC1CC(=O)N(CCOCCC(=O)N[C@H](C(=O)N[C@@H](CCCNC(N)=O)C(=O)Nc2ccc(C[I-][N+]3(C)CCN(CCOc4ccc(-c5c(-c6ccc(F)cc6)sc6ncnc(O[C@H](Cc7ccccc7OCc7ccnc(-c8ccccc8OC)n7)C(=O)O)c56)c(C)c4Cl)CC3)c(CN(C)C(=O)[C@H](CCCCNC(=O)CS(=O)(=O)O)NC(=O)CS(=O)(=O)O)c2)C(C)C)C1=O. The van der Waals surface area contributed by atoms with Crippen LogP contribution >= 0.6 is 22.9 Å². The van der Waals surface area contributed by atoms with Crippen LogP contribution in [0, 0.1) is 24.6 Å². The van der Waals surface area contributed by atoms with Gasteiger partial charge in [0.05, 0.1) is 43.5 Å². The molecule has 0 bridgehead atoms. The van der Waals surface area contributed by atoms with E-state index in [1.54, 1.807) is 93.9 Å². The zero-order valence-corrected chi connectivity index (χ0v) is 80.1. The fourth-order valence-corrected chi connectivity index (χ4v) is 20.3.